The second-order valence-corrected chi connectivity index (χ2v) is 11.3. The molecule has 0 saturated carbocycles. The number of allylic oxidation sites excluding steroid dienone is 1. The van der Waals surface area contributed by atoms with Gasteiger partial charge in [-0.15, -0.1) is 0 Å². The Morgan fingerprint density at radius 2 is 1.83 bits per heavy atom. The van der Waals surface area contributed by atoms with E-state index in [4.69, 9.17) is 0 Å². The number of aryl methyl sites for hydroxylation is 1. The Labute approximate surface area is 239 Å². The number of hydrogen-bond acceptors (Lipinski definition) is 8. The number of anilines is 1. The lowest BCUT2D eigenvalue weighted by molar-refractivity contribution is -0.138. The highest BCUT2D eigenvalue weighted by Crippen LogP contribution is 2.37. The first-order valence-corrected chi connectivity index (χ1v) is 13.5. The summed E-state index contributed by atoms with van der Waals surface area (Å²) in [6, 6.07) is -2.16. The van der Waals surface area contributed by atoms with E-state index in [2.05, 4.69) is 38.0 Å². The van der Waals surface area contributed by atoms with Crippen LogP contribution in [0.25, 0.3) is 0 Å². The normalized spacial score (nSPS) is 26.1. The number of carbonyl (C=O) groups excluding carboxylic acids is 1. The van der Waals surface area contributed by atoms with Crippen molar-refractivity contribution in [1.29, 1.82) is 0 Å². The molecule has 3 N–H and O–H groups in total. The lowest BCUT2D eigenvalue weighted by Gasteiger charge is -2.43. The SMILES string of the molecule is CN1CCN(C2=C3C=C(N4CC[C@@H](N(C)C(=O)Nc5cc(C(F)(F)F)cn(C)c5=O)C(F)(F)C4)C=NC3(C)NN2)CC1. The number of aliphatic imine (C=N–C) groups is 1. The number of halogens is 5. The molecule has 4 aliphatic heterocycles. The molecule has 0 radical (unpaired) electrons. The summed E-state index contributed by atoms with van der Waals surface area (Å²) < 4.78 is 71.4. The minimum absolute atomic E-state index is 0.124. The van der Waals surface area contributed by atoms with E-state index in [9.17, 15) is 22.8 Å². The molecule has 2 atom stereocenters. The molecule has 0 bridgehead atoms. The molecule has 1 aromatic rings. The van der Waals surface area contributed by atoms with Gasteiger partial charge in [-0.25, -0.2) is 19.0 Å². The van der Waals surface area contributed by atoms with Gasteiger partial charge in [0.05, 0.1) is 17.8 Å². The zero-order valence-electron chi connectivity index (χ0n) is 23.7. The van der Waals surface area contributed by atoms with E-state index in [0.717, 1.165) is 56.6 Å². The molecule has 0 spiro atoms. The van der Waals surface area contributed by atoms with Crippen molar-refractivity contribution in [3.63, 3.8) is 0 Å². The van der Waals surface area contributed by atoms with Crippen molar-refractivity contribution in [2.45, 2.75) is 37.1 Å². The van der Waals surface area contributed by atoms with E-state index in [0.29, 0.717) is 22.5 Å². The van der Waals surface area contributed by atoms with Gasteiger partial charge in [0, 0.05) is 64.8 Å². The van der Waals surface area contributed by atoms with Crippen LogP contribution in [0.4, 0.5) is 32.4 Å². The predicted molar refractivity (Wildman–Crippen MR) is 146 cm³/mol. The van der Waals surface area contributed by atoms with Crippen LogP contribution in [0.3, 0.4) is 0 Å². The Kier molecular flexibility index (Phi) is 7.50. The summed E-state index contributed by atoms with van der Waals surface area (Å²) in [7, 11) is 4.30. The Morgan fingerprint density at radius 1 is 1.14 bits per heavy atom. The van der Waals surface area contributed by atoms with Gasteiger partial charge in [0.25, 0.3) is 11.5 Å². The summed E-state index contributed by atoms with van der Waals surface area (Å²) in [4.78, 5) is 36.5. The number of likely N-dealkylation sites (tertiary alicyclic amines) is 1. The number of piperazine rings is 1. The van der Waals surface area contributed by atoms with Gasteiger partial charge in [0.15, 0.2) is 5.66 Å². The number of nitrogens with one attached hydrogen (secondary N) is 3. The second kappa shape index (κ2) is 10.6. The average molecular weight is 600 g/mol. The number of likely N-dealkylation sites (N-methyl/N-ethyl adjacent to an activating group) is 1. The number of rotatable bonds is 4. The summed E-state index contributed by atoms with van der Waals surface area (Å²) in [6.07, 6.45) is -0.886. The topological polar surface area (TPSA) is 100 Å². The van der Waals surface area contributed by atoms with Gasteiger partial charge in [0.1, 0.15) is 17.6 Å². The fourth-order valence-corrected chi connectivity index (χ4v) is 5.62. The molecule has 2 saturated heterocycles. The van der Waals surface area contributed by atoms with Crippen LogP contribution < -0.4 is 21.7 Å². The number of urea groups is 1. The van der Waals surface area contributed by atoms with Crippen LogP contribution in [0.2, 0.25) is 0 Å². The van der Waals surface area contributed by atoms with Gasteiger partial charge in [-0.3, -0.25) is 9.79 Å². The number of aromatic nitrogens is 1. The van der Waals surface area contributed by atoms with Gasteiger partial charge < -0.3 is 34.9 Å². The number of hydrogen-bond donors (Lipinski definition) is 3. The molecule has 1 aromatic heterocycles. The molecule has 16 heteroatoms. The van der Waals surface area contributed by atoms with E-state index < -0.39 is 53.2 Å². The monoisotopic (exact) mass is 599 g/mol. The van der Waals surface area contributed by atoms with Gasteiger partial charge in [-0.1, -0.05) is 0 Å². The quantitative estimate of drug-likeness (QED) is 0.455. The molecule has 1 unspecified atom stereocenters. The molecular formula is C26H34F5N9O2. The molecule has 2 fully saturated rings. The van der Waals surface area contributed by atoms with Crippen molar-refractivity contribution < 1.29 is 26.7 Å². The number of piperidine rings is 1. The zero-order valence-corrected chi connectivity index (χ0v) is 23.7. The number of carbonyl (C=O) groups is 1. The van der Waals surface area contributed by atoms with E-state index in [1.165, 1.54) is 4.90 Å². The van der Waals surface area contributed by atoms with Crippen molar-refractivity contribution >= 4 is 17.9 Å². The van der Waals surface area contributed by atoms with Crippen LogP contribution >= 0.6 is 0 Å². The zero-order chi connectivity index (χ0) is 30.6. The highest BCUT2D eigenvalue weighted by Gasteiger charge is 2.49. The molecule has 0 aromatic carbocycles. The first-order valence-electron chi connectivity index (χ1n) is 13.5. The van der Waals surface area contributed by atoms with Crippen LogP contribution in [-0.2, 0) is 13.2 Å². The lowest BCUT2D eigenvalue weighted by atomic mass is 9.96. The fraction of sp³-hybridized carbons (Fsp3) is 0.577. The molecule has 5 heterocycles. The summed E-state index contributed by atoms with van der Waals surface area (Å²) in [5.41, 5.74) is 4.29. The smallest absolute Gasteiger partial charge is 0.364 e. The number of pyridine rings is 1. The molecular weight excluding hydrogens is 565 g/mol. The summed E-state index contributed by atoms with van der Waals surface area (Å²) in [5.74, 6) is -2.52. The summed E-state index contributed by atoms with van der Waals surface area (Å²) in [6.45, 7) is 4.75. The lowest BCUT2D eigenvalue weighted by Crippen LogP contribution is -2.59. The molecule has 0 aliphatic carbocycles. The molecule has 5 rings (SSSR count). The largest absolute Gasteiger partial charge is 0.417 e. The van der Waals surface area contributed by atoms with Gasteiger partial charge in [-0.2, -0.15) is 13.2 Å². The summed E-state index contributed by atoms with van der Waals surface area (Å²) >= 11 is 0. The minimum atomic E-state index is -4.77. The maximum Gasteiger partial charge on any atom is 0.417 e. The maximum atomic E-state index is 15.5. The Balaban J connectivity index is 1.31. The van der Waals surface area contributed by atoms with Crippen molar-refractivity contribution in [1.82, 2.24) is 35.0 Å². The Morgan fingerprint density at radius 3 is 2.48 bits per heavy atom. The highest BCUT2D eigenvalue weighted by molar-refractivity contribution is 5.89. The van der Waals surface area contributed by atoms with E-state index in [1.807, 2.05) is 13.0 Å². The predicted octanol–water partition coefficient (Wildman–Crippen LogP) is 1.83. The molecule has 4 aliphatic rings. The third-order valence-corrected chi connectivity index (χ3v) is 8.24. The third-order valence-electron chi connectivity index (χ3n) is 8.24. The van der Waals surface area contributed by atoms with E-state index in [1.54, 1.807) is 6.21 Å². The van der Waals surface area contributed by atoms with Crippen molar-refractivity contribution in [2.75, 3.05) is 58.7 Å². The first-order chi connectivity index (χ1) is 19.6. The molecule has 11 nitrogen and oxygen atoms in total. The number of amides is 2. The number of nitrogens with zero attached hydrogens (tertiary/aromatic N) is 6. The standard InChI is InChI=1S/C26H34F5N9O2/c1-24-18(21(34-35-24)39-9-7-36(2)8-10-39)12-17(13-32-24)40-6-5-20(25(27,28)15-40)38(4)23(42)33-19-11-16(26(29,30)31)14-37(3)22(19)41/h11-14,20,34-35H,5-10,15H2,1-4H3,(H,33,42)/t20-,24?/m1/s1. The average Bonchev–Trinajstić information content (AvgIpc) is 3.26. The van der Waals surface area contributed by atoms with Gasteiger partial charge in [-0.05, 0) is 32.5 Å². The van der Waals surface area contributed by atoms with E-state index in [-0.39, 0.29) is 13.0 Å². The van der Waals surface area contributed by atoms with Crippen molar-refractivity contribution in [3.05, 3.63) is 51.3 Å². The number of fused-ring (bicyclic) bond motifs is 1. The Hall–Kier alpha value is -3.66. The molecule has 42 heavy (non-hydrogen) atoms. The van der Waals surface area contributed by atoms with Gasteiger partial charge in [0.2, 0.25) is 0 Å². The van der Waals surface area contributed by atoms with Crippen LogP contribution in [0.5, 0.6) is 0 Å². The summed E-state index contributed by atoms with van der Waals surface area (Å²) in [5, 5.41) is 2.09. The molecule has 230 valence electrons. The van der Waals surface area contributed by atoms with Crippen molar-refractivity contribution in [3.8, 4) is 0 Å². The van der Waals surface area contributed by atoms with Gasteiger partial charge >= 0.3 is 12.2 Å². The second-order valence-electron chi connectivity index (χ2n) is 11.3. The van der Waals surface area contributed by atoms with Crippen LogP contribution in [0.15, 0.2) is 45.2 Å². The van der Waals surface area contributed by atoms with Crippen molar-refractivity contribution in [2.24, 2.45) is 12.0 Å². The fourth-order valence-electron chi connectivity index (χ4n) is 5.62. The third kappa shape index (κ3) is 5.56. The van der Waals surface area contributed by atoms with Crippen LogP contribution in [-0.4, -0.2) is 107 Å². The Bertz CT molecular complexity index is 1400. The van der Waals surface area contributed by atoms with Crippen LogP contribution in [0.1, 0.15) is 18.9 Å². The minimum Gasteiger partial charge on any atom is -0.364 e. The number of alkyl halides is 5. The molecule has 2 amide bonds. The first kappa shape index (κ1) is 29.8. The highest BCUT2D eigenvalue weighted by atomic mass is 19.4. The number of dihydropyridines is 1. The number of hydrazine groups is 1. The van der Waals surface area contributed by atoms with Crippen LogP contribution in [0, 0.1) is 0 Å². The van der Waals surface area contributed by atoms with E-state index >= 15 is 8.78 Å². The maximum absolute atomic E-state index is 15.5.